The Morgan fingerprint density at radius 2 is 2.33 bits per heavy atom. The fourth-order valence-corrected chi connectivity index (χ4v) is 1.55. The van der Waals surface area contributed by atoms with Crippen molar-refractivity contribution in [2.75, 3.05) is 6.54 Å². The molecule has 2 nitrogen and oxygen atoms in total. The number of allylic oxidation sites excluding steroid dienone is 1. The lowest BCUT2D eigenvalue weighted by Gasteiger charge is -2.19. The highest BCUT2D eigenvalue weighted by Gasteiger charge is 2.09. The lowest BCUT2D eigenvalue weighted by atomic mass is 10.00. The third-order valence-corrected chi connectivity index (χ3v) is 2.81. The van der Waals surface area contributed by atoms with E-state index in [0.29, 0.717) is 12.0 Å². The van der Waals surface area contributed by atoms with Gasteiger partial charge in [-0.25, -0.2) is 0 Å². The van der Waals surface area contributed by atoms with Crippen LogP contribution in [-0.2, 0) is 6.42 Å². The molecule has 0 aliphatic rings. The minimum Gasteiger partial charge on any atom is -0.469 e. The van der Waals surface area contributed by atoms with Gasteiger partial charge < -0.3 is 9.73 Å². The lowest BCUT2D eigenvalue weighted by Crippen LogP contribution is -2.33. The van der Waals surface area contributed by atoms with Gasteiger partial charge in [-0.1, -0.05) is 13.0 Å². The predicted octanol–water partition coefficient (Wildman–Crippen LogP) is 3.01. The summed E-state index contributed by atoms with van der Waals surface area (Å²) in [7, 11) is 0. The van der Waals surface area contributed by atoms with E-state index in [-0.39, 0.29) is 0 Å². The quantitative estimate of drug-likeness (QED) is 0.695. The van der Waals surface area contributed by atoms with Gasteiger partial charge in [-0.3, -0.25) is 0 Å². The molecule has 1 aromatic rings. The van der Waals surface area contributed by atoms with Gasteiger partial charge in [-0.05, 0) is 31.4 Å². The summed E-state index contributed by atoms with van der Waals surface area (Å²) in [4.78, 5) is 0. The molecule has 1 aromatic heterocycles. The number of nitrogens with one attached hydrogen (secondary N) is 1. The van der Waals surface area contributed by atoms with Crippen LogP contribution >= 0.6 is 0 Å². The largest absolute Gasteiger partial charge is 0.469 e. The van der Waals surface area contributed by atoms with Crippen molar-refractivity contribution in [1.82, 2.24) is 5.32 Å². The number of rotatable bonds is 7. The Bertz CT molecular complexity index is 266. The molecular formula is C13H21NO. The van der Waals surface area contributed by atoms with Crippen molar-refractivity contribution in [3.05, 3.63) is 36.8 Å². The third kappa shape index (κ3) is 4.34. The van der Waals surface area contributed by atoms with Crippen molar-refractivity contribution in [3.8, 4) is 0 Å². The molecule has 2 unspecified atom stereocenters. The maximum atomic E-state index is 5.27. The molecule has 0 saturated carbocycles. The van der Waals surface area contributed by atoms with Crippen LogP contribution in [0.2, 0.25) is 0 Å². The molecule has 0 aromatic carbocycles. The van der Waals surface area contributed by atoms with E-state index < -0.39 is 0 Å². The number of hydrogen-bond donors (Lipinski definition) is 1. The van der Waals surface area contributed by atoms with Crippen LogP contribution in [0.3, 0.4) is 0 Å². The zero-order chi connectivity index (χ0) is 11.1. The van der Waals surface area contributed by atoms with Gasteiger partial charge in [0.05, 0.1) is 6.26 Å². The monoisotopic (exact) mass is 207 g/mol. The van der Waals surface area contributed by atoms with Gasteiger partial charge in [0.25, 0.3) is 0 Å². The first-order valence-corrected chi connectivity index (χ1v) is 5.60. The Labute approximate surface area is 92.4 Å². The minimum absolute atomic E-state index is 0.526. The summed E-state index contributed by atoms with van der Waals surface area (Å²) >= 11 is 0. The van der Waals surface area contributed by atoms with E-state index in [9.17, 15) is 0 Å². The first kappa shape index (κ1) is 12.1. The van der Waals surface area contributed by atoms with Crippen LogP contribution in [0.1, 0.15) is 26.0 Å². The highest BCUT2D eigenvalue weighted by atomic mass is 16.3. The maximum Gasteiger partial charge on any atom is 0.105 e. The van der Waals surface area contributed by atoms with E-state index >= 15 is 0 Å². The van der Waals surface area contributed by atoms with Crippen molar-refractivity contribution in [2.24, 2.45) is 5.92 Å². The molecule has 1 N–H and O–H groups in total. The zero-order valence-electron chi connectivity index (χ0n) is 9.70. The second-order valence-corrected chi connectivity index (χ2v) is 4.07. The summed E-state index contributed by atoms with van der Waals surface area (Å²) in [6, 6.07) is 4.47. The summed E-state index contributed by atoms with van der Waals surface area (Å²) in [5.41, 5.74) is 0. The van der Waals surface area contributed by atoms with Crippen molar-refractivity contribution in [1.29, 1.82) is 0 Å². The maximum absolute atomic E-state index is 5.27. The molecule has 15 heavy (non-hydrogen) atoms. The fourth-order valence-electron chi connectivity index (χ4n) is 1.55. The summed E-state index contributed by atoms with van der Waals surface area (Å²) in [5.74, 6) is 1.69. The van der Waals surface area contributed by atoms with E-state index in [1.54, 1.807) is 6.26 Å². The van der Waals surface area contributed by atoms with Crippen LogP contribution in [0, 0.1) is 5.92 Å². The van der Waals surface area contributed by atoms with Crippen LogP contribution in [0.4, 0.5) is 0 Å². The second kappa shape index (κ2) is 6.46. The Hall–Kier alpha value is -1.02. The van der Waals surface area contributed by atoms with Crippen LogP contribution in [0.5, 0.6) is 0 Å². The highest BCUT2D eigenvalue weighted by Crippen LogP contribution is 2.08. The average Bonchev–Trinajstić information content (AvgIpc) is 2.71. The van der Waals surface area contributed by atoms with Gasteiger partial charge in [0.15, 0.2) is 0 Å². The Morgan fingerprint density at radius 3 is 2.93 bits per heavy atom. The summed E-state index contributed by atoms with van der Waals surface area (Å²) < 4.78 is 5.27. The molecule has 84 valence electrons. The van der Waals surface area contributed by atoms with Gasteiger partial charge >= 0.3 is 0 Å². The molecule has 0 radical (unpaired) electrons. The molecule has 0 bridgehead atoms. The molecule has 1 rings (SSSR count). The Balaban J connectivity index is 2.16. The predicted molar refractivity (Wildman–Crippen MR) is 63.9 cm³/mol. The molecule has 0 aliphatic heterocycles. The van der Waals surface area contributed by atoms with E-state index in [4.69, 9.17) is 4.42 Å². The van der Waals surface area contributed by atoms with Crippen LogP contribution in [0.25, 0.3) is 0 Å². The van der Waals surface area contributed by atoms with Gasteiger partial charge in [-0.15, -0.1) is 6.58 Å². The SMILES string of the molecule is C=CCC(C)C(C)NCCc1ccco1. The molecule has 0 saturated heterocycles. The Kier molecular flexibility index (Phi) is 5.19. The van der Waals surface area contributed by atoms with Crippen LogP contribution < -0.4 is 5.32 Å². The zero-order valence-corrected chi connectivity index (χ0v) is 9.70. The summed E-state index contributed by atoms with van der Waals surface area (Å²) in [6.07, 6.45) is 5.72. The van der Waals surface area contributed by atoms with Gasteiger partial charge in [0, 0.05) is 19.0 Å². The van der Waals surface area contributed by atoms with Crippen molar-refractivity contribution >= 4 is 0 Å². The molecule has 0 spiro atoms. The number of furan rings is 1. The molecule has 0 aliphatic carbocycles. The van der Waals surface area contributed by atoms with E-state index in [0.717, 1.165) is 25.1 Å². The summed E-state index contributed by atoms with van der Waals surface area (Å²) in [6.45, 7) is 9.19. The van der Waals surface area contributed by atoms with E-state index in [2.05, 4.69) is 25.7 Å². The fraction of sp³-hybridized carbons (Fsp3) is 0.538. The molecule has 0 fully saturated rings. The molecule has 0 amide bonds. The Morgan fingerprint density at radius 1 is 1.53 bits per heavy atom. The van der Waals surface area contributed by atoms with Crippen molar-refractivity contribution in [2.45, 2.75) is 32.7 Å². The summed E-state index contributed by atoms with van der Waals surface area (Å²) in [5, 5.41) is 3.50. The molecular weight excluding hydrogens is 186 g/mol. The van der Waals surface area contributed by atoms with Gasteiger partial charge in [-0.2, -0.15) is 0 Å². The topological polar surface area (TPSA) is 25.2 Å². The van der Waals surface area contributed by atoms with E-state index in [1.165, 1.54) is 0 Å². The van der Waals surface area contributed by atoms with Gasteiger partial charge in [0.1, 0.15) is 5.76 Å². The average molecular weight is 207 g/mol. The first-order valence-electron chi connectivity index (χ1n) is 5.60. The first-order chi connectivity index (χ1) is 7.24. The third-order valence-electron chi connectivity index (χ3n) is 2.81. The van der Waals surface area contributed by atoms with Crippen LogP contribution in [-0.4, -0.2) is 12.6 Å². The normalized spacial score (nSPS) is 14.8. The molecule has 2 atom stereocenters. The van der Waals surface area contributed by atoms with Gasteiger partial charge in [0.2, 0.25) is 0 Å². The molecule has 2 heteroatoms. The van der Waals surface area contributed by atoms with Crippen LogP contribution in [0.15, 0.2) is 35.5 Å². The molecule has 1 heterocycles. The van der Waals surface area contributed by atoms with E-state index in [1.807, 2.05) is 18.2 Å². The standard InChI is InChI=1S/C13H21NO/c1-4-6-11(2)12(3)14-9-8-13-7-5-10-15-13/h4-5,7,10-12,14H,1,6,8-9H2,2-3H3. The lowest BCUT2D eigenvalue weighted by molar-refractivity contribution is 0.397. The van der Waals surface area contributed by atoms with Crippen molar-refractivity contribution in [3.63, 3.8) is 0 Å². The van der Waals surface area contributed by atoms with Crippen molar-refractivity contribution < 1.29 is 4.42 Å². The number of hydrogen-bond acceptors (Lipinski definition) is 2. The minimum atomic E-state index is 0.526. The second-order valence-electron chi connectivity index (χ2n) is 4.07. The highest BCUT2D eigenvalue weighted by molar-refractivity contribution is 4.98. The smallest absolute Gasteiger partial charge is 0.105 e.